The summed E-state index contributed by atoms with van der Waals surface area (Å²) in [5.74, 6) is -1.89. The third-order valence-electron chi connectivity index (χ3n) is 3.89. The summed E-state index contributed by atoms with van der Waals surface area (Å²) in [4.78, 5) is 24.5. The van der Waals surface area contributed by atoms with E-state index in [-0.39, 0.29) is 0 Å². The molecule has 0 spiro atoms. The number of benzene rings is 2. The highest BCUT2D eigenvalue weighted by Crippen LogP contribution is 2.22. The highest BCUT2D eigenvalue weighted by molar-refractivity contribution is 6.30. The zero-order valence-corrected chi connectivity index (χ0v) is 16.0. The summed E-state index contributed by atoms with van der Waals surface area (Å²) in [6, 6.07) is 14.5. The van der Waals surface area contributed by atoms with Gasteiger partial charge in [-0.05, 0) is 29.8 Å². The normalized spacial score (nSPS) is 14.4. The van der Waals surface area contributed by atoms with Gasteiger partial charge in [-0.1, -0.05) is 41.9 Å². The van der Waals surface area contributed by atoms with Gasteiger partial charge in [0, 0.05) is 23.8 Å². The molecule has 0 radical (unpaired) electrons. The Kier molecular flexibility index (Phi) is 8.90. The van der Waals surface area contributed by atoms with E-state index >= 15 is 0 Å². The lowest BCUT2D eigenvalue weighted by atomic mass is 10.1. The van der Waals surface area contributed by atoms with Gasteiger partial charge in [-0.15, -0.1) is 0 Å². The van der Waals surface area contributed by atoms with E-state index in [1.54, 1.807) is 42.5 Å². The molecule has 0 aromatic heterocycles. The number of aliphatic hydroxyl groups is 1. The number of aliphatic hydroxyl groups excluding tert-OH is 1. The number of hydrogen-bond acceptors (Lipinski definition) is 5. The van der Waals surface area contributed by atoms with Crippen LogP contribution in [0.4, 0.5) is 5.69 Å². The van der Waals surface area contributed by atoms with Gasteiger partial charge < -0.3 is 20.3 Å². The Hall–Kier alpha value is -2.45. The SMILES string of the molecule is C1COCCN1.O=C(O)CN(C(=O)C(O)c1ccccc1)c1ccc(Cl)cc1. The Bertz CT molecular complexity index is 739. The molecular weight excluding hydrogens is 384 g/mol. The van der Waals surface area contributed by atoms with Gasteiger partial charge in [0.25, 0.3) is 5.91 Å². The third kappa shape index (κ3) is 6.94. The highest BCUT2D eigenvalue weighted by atomic mass is 35.5. The average Bonchev–Trinajstić information content (AvgIpc) is 2.74. The van der Waals surface area contributed by atoms with Gasteiger partial charge in [-0.25, -0.2) is 0 Å². The molecule has 1 amide bonds. The Morgan fingerprint density at radius 1 is 1.07 bits per heavy atom. The van der Waals surface area contributed by atoms with E-state index in [0.717, 1.165) is 31.2 Å². The molecule has 0 saturated carbocycles. The topological polar surface area (TPSA) is 99.1 Å². The maximum absolute atomic E-state index is 12.4. The van der Waals surface area contributed by atoms with Crippen molar-refractivity contribution >= 4 is 29.2 Å². The van der Waals surface area contributed by atoms with Crippen LogP contribution in [-0.4, -0.2) is 54.9 Å². The van der Waals surface area contributed by atoms with Crippen LogP contribution in [0.5, 0.6) is 0 Å². The molecule has 7 nitrogen and oxygen atoms in total. The minimum atomic E-state index is -1.43. The summed E-state index contributed by atoms with van der Waals surface area (Å²) >= 11 is 5.79. The first-order valence-corrected chi connectivity index (χ1v) is 9.17. The minimum Gasteiger partial charge on any atom is -0.480 e. The number of nitrogens with one attached hydrogen (secondary N) is 1. The monoisotopic (exact) mass is 406 g/mol. The summed E-state index contributed by atoms with van der Waals surface area (Å²) in [6.07, 6.45) is -1.43. The number of amides is 1. The van der Waals surface area contributed by atoms with Crippen molar-refractivity contribution in [2.45, 2.75) is 6.10 Å². The van der Waals surface area contributed by atoms with Crippen molar-refractivity contribution in [3.05, 3.63) is 65.2 Å². The first kappa shape index (κ1) is 21.8. The summed E-state index contributed by atoms with van der Waals surface area (Å²) < 4.78 is 5.01. The number of carbonyl (C=O) groups excluding carboxylic acids is 1. The third-order valence-corrected chi connectivity index (χ3v) is 4.15. The molecule has 1 fully saturated rings. The number of anilines is 1. The molecule has 1 unspecified atom stereocenters. The number of ether oxygens (including phenoxy) is 1. The van der Waals surface area contributed by atoms with E-state index in [9.17, 15) is 14.7 Å². The molecule has 8 heteroatoms. The van der Waals surface area contributed by atoms with E-state index in [4.69, 9.17) is 21.4 Å². The Labute approximate surface area is 168 Å². The van der Waals surface area contributed by atoms with Gasteiger partial charge in [0.05, 0.1) is 13.2 Å². The second-order valence-corrected chi connectivity index (χ2v) is 6.41. The Balaban J connectivity index is 0.000000397. The van der Waals surface area contributed by atoms with E-state index in [1.165, 1.54) is 12.1 Å². The molecule has 1 aliphatic heterocycles. The maximum atomic E-state index is 12.4. The van der Waals surface area contributed by atoms with Gasteiger partial charge in [-0.3, -0.25) is 14.5 Å². The summed E-state index contributed by atoms with van der Waals surface area (Å²) in [6.45, 7) is 3.28. The quantitative estimate of drug-likeness (QED) is 0.703. The van der Waals surface area contributed by atoms with Gasteiger partial charge in [0.2, 0.25) is 0 Å². The molecule has 1 saturated heterocycles. The van der Waals surface area contributed by atoms with Crippen LogP contribution in [-0.2, 0) is 14.3 Å². The Morgan fingerprint density at radius 3 is 2.14 bits per heavy atom. The molecule has 3 N–H and O–H groups in total. The second-order valence-electron chi connectivity index (χ2n) is 5.97. The van der Waals surface area contributed by atoms with Gasteiger partial charge in [-0.2, -0.15) is 0 Å². The van der Waals surface area contributed by atoms with Crippen molar-refractivity contribution in [3.63, 3.8) is 0 Å². The van der Waals surface area contributed by atoms with Gasteiger partial charge in [0.1, 0.15) is 6.54 Å². The van der Waals surface area contributed by atoms with Crippen LogP contribution < -0.4 is 10.2 Å². The zero-order chi connectivity index (χ0) is 20.4. The second kappa shape index (κ2) is 11.4. The lowest BCUT2D eigenvalue weighted by Gasteiger charge is -2.24. The first-order valence-electron chi connectivity index (χ1n) is 8.79. The van der Waals surface area contributed by atoms with Crippen molar-refractivity contribution in [1.82, 2.24) is 5.32 Å². The highest BCUT2D eigenvalue weighted by Gasteiger charge is 2.26. The molecule has 1 aliphatic rings. The largest absolute Gasteiger partial charge is 0.480 e. The predicted molar refractivity (Wildman–Crippen MR) is 107 cm³/mol. The molecule has 3 rings (SSSR count). The first-order chi connectivity index (χ1) is 13.5. The Morgan fingerprint density at radius 2 is 1.68 bits per heavy atom. The number of halogens is 1. The number of morpholine rings is 1. The molecule has 0 bridgehead atoms. The summed E-state index contributed by atoms with van der Waals surface area (Å²) in [7, 11) is 0. The number of carboxylic acids is 1. The van der Waals surface area contributed by atoms with E-state index in [1.807, 2.05) is 0 Å². The van der Waals surface area contributed by atoms with Gasteiger partial charge in [0.15, 0.2) is 6.10 Å². The van der Waals surface area contributed by atoms with Crippen LogP contribution in [0.3, 0.4) is 0 Å². The van der Waals surface area contributed by atoms with Crippen molar-refractivity contribution in [2.24, 2.45) is 0 Å². The molecule has 1 atom stereocenters. The lowest BCUT2D eigenvalue weighted by Crippen LogP contribution is -2.39. The fourth-order valence-corrected chi connectivity index (χ4v) is 2.62. The molecule has 28 heavy (non-hydrogen) atoms. The number of hydrogen-bond donors (Lipinski definition) is 3. The minimum absolute atomic E-state index is 0.354. The van der Waals surface area contributed by atoms with Crippen molar-refractivity contribution in [3.8, 4) is 0 Å². The van der Waals surface area contributed by atoms with Crippen LogP contribution in [0.1, 0.15) is 11.7 Å². The van der Waals surface area contributed by atoms with E-state index in [2.05, 4.69) is 5.32 Å². The average molecular weight is 407 g/mol. The predicted octanol–water partition coefficient (Wildman–Crippen LogP) is 2.10. The fraction of sp³-hybridized carbons (Fsp3) is 0.300. The van der Waals surface area contributed by atoms with Crippen molar-refractivity contribution in [2.75, 3.05) is 37.7 Å². The van der Waals surface area contributed by atoms with Crippen LogP contribution >= 0.6 is 11.6 Å². The summed E-state index contributed by atoms with van der Waals surface area (Å²) in [5, 5.41) is 22.8. The maximum Gasteiger partial charge on any atom is 0.323 e. The zero-order valence-electron chi connectivity index (χ0n) is 15.3. The van der Waals surface area contributed by atoms with Crippen molar-refractivity contribution < 1.29 is 24.5 Å². The lowest BCUT2D eigenvalue weighted by molar-refractivity contribution is -0.137. The van der Waals surface area contributed by atoms with Crippen LogP contribution in [0.15, 0.2) is 54.6 Å². The van der Waals surface area contributed by atoms with Crippen LogP contribution in [0.2, 0.25) is 5.02 Å². The molecule has 2 aromatic rings. The molecule has 0 aliphatic carbocycles. The molecule has 150 valence electrons. The van der Waals surface area contributed by atoms with Crippen LogP contribution in [0.25, 0.3) is 0 Å². The molecule has 1 heterocycles. The van der Waals surface area contributed by atoms with Gasteiger partial charge >= 0.3 is 5.97 Å². The molecule has 2 aromatic carbocycles. The van der Waals surface area contributed by atoms with E-state index < -0.39 is 24.5 Å². The molecular formula is C20H23ClN2O5. The summed E-state index contributed by atoms with van der Waals surface area (Å²) in [5.41, 5.74) is 0.753. The fourth-order valence-electron chi connectivity index (χ4n) is 2.49. The number of carbonyl (C=O) groups is 2. The smallest absolute Gasteiger partial charge is 0.323 e. The van der Waals surface area contributed by atoms with Crippen molar-refractivity contribution in [1.29, 1.82) is 0 Å². The number of carboxylic acid groups (broad SMARTS) is 1. The van der Waals surface area contributed by atoms with Crippen LogP contribution in [0, 0.1) is 0 Å². The standard InChI is InChI=1S/C16H14ClNO4.C4H9NO/c17-12-6-8-13(9-7-12)18(10-14(19)20)16(22)15(21)11-4-2-1-3-5-11;1-3-6-4-2-5-1/h1-9,15,21H,10H2,(H,19,20);5H,1-4H2. The number of rotatable bonds is 5. The number of aliphatic carboxylic acids is 1. The van der Waals surface area contributed by atoms with E-state index in [0.29, 0.717) is 16.3 Å². The number of nitrogens with zero attached hydrogens (tertiary/aromatic N) is 1.